The van der Waals surface area contributed by atoms with Crippen LogP contribution in [0.5, 0.6) is 0 Å². The molecule has 1 aliphatic heterocycles. The van der Waals surface area contributed by atoms with Crippen molar-refractivity contribution in [3.05, 3.63) is 113 Å². The van der Waals surface area contributed by atoms with E-state index >= 15 is 0 Å². The van der Waals surface area contributed by atoms with Gasteiger partial charge in [-0.3, -0.25) is 19.1 Å². The molecule has 2 aromatic heterocycles. The van der Waals surface area contributed by atoms with E-state index in [0.717, 1.165) is 39.8 Å². The molecule has 1 N–H and O–H groups in total. The fourth-order valence-corrected chi connectivity index (χ4v) is 7.67. The molecule has 1 saturated carbocycles. The monoisotopic (exact) mass is 640 g/mol. The number of hydrogen-bond acceptors (Lipinski definition) is 6. The van der Waals surface area contributed by atoms with Crippen LogP contribution in [-0.2, 0) is 16.1 Å². The number of likely N-dealkylation sites (tertiary alicyclic amines) is 1. The Bertz CT molecular complexity index is 1980. The first-order valence-corrected chi connectivity index (χ1v) is 16.6. The van der Waals surface area contributed by atoms with Gasteiger partial charge in [-0.05, 0) is 73.4 Å². The van der Waals surface area contributed by atoms with Gasteiger partial charge in [0.2, 0.25) is 11.8 Å². The molecule has 2 amide bonds. The van der Waals surface area contributed by atoms with Crippen molar-refractivity contribution in [3.63, 3.8) is 0 Å². The van der Waals surface area contributed by atoms with E-state index in [1.807, 2.05) is 69.3 Å². The summed E-state index contributed by atoms with van der Waals surface area (Å²) in [5.41, 5.74) is 5.77. The minimum Gasteiger partial charge on any atom is -0.351 e. The Morgan fingerprint density at radius 2 is 1.54 bits per heavy atom. The molecule has 9 heteroatoms. The van der Waals surface area contributed by atoms with Crippen LogP contribution < -0.4 is 5.32 Å². The largest absolute Gasteiger partial charge is 0.351 e. The summed E-state index contributed by atoms with van der Waals surface area (Å²) in [4.78, 5) is 51.5. The van der Waals surface area contributed by atoms with E-state index in [1.165, 1.54) is 6.92 Å². The van der Waals surface area contributed by atoms with Crippen molar-refractivity contribution >= 4 is 28.5 Å². The van der Waals surface area contributed by atoms with Crippen LogP contribution in [0.4, 0.5) is 0 Å². The number of carbonyl (C=O) groups is 3. The molecule has 3 heterocycles. The van der Waals surface area contributed by atoms with Gasteiger partial charge in [0, 0.05) is 48.3 Å². The van der Waals surface area contributed by atoms with E-state index in [1.54, 1.807) is 22.0 Å². The maximum atomic E-state index is 14.2. The van der Waals surface area contributed by atoms with Crippen LogP contribution in [0.25, 0.3) is 22.0 Å². The lowest BCUT2D eigenvalue weighted by molar-refractivity contribution is -0.140. The number of rotatable bonds is 9. The number of Topliss-reactive ketones (excluding diaryl/α,β-unsaturated/α-hetero) is 1. The normalized spacial score (nSPS) is 20.5. The summed E-state index contributed by atoms with van der Waals surface area (Å²) < 4.78 is 1.63. The number of ketones is 1. The summed E-state index contributed by atoms with van der Waals surface area (Å²) in [6.07, 6.45) is 5.01. The average Bonchev–Trinajstić information content (AvgIpc) is 3.42. The molecule has 7 rings (SSSR count). The Morgan fingerprint density at radius 3 is 2.15 bits per heavy atom. The van der Waals surface area contributed by atoms with Gasteiger partial charge in [0.1, 0.15) is 24.1 Å². The molecule has 1 unspecified atom stereocenters. The zero-order valence-corrected chi connectivity index (χ0v) is 28.0. The van der Waals surface area contributed by atoms with Gasteiger partial charge in [0.25, 0.3) is 0 Å². The van der Waals surface area contributed by atoms with Crippen molar-refractivity contribution in [2.24, 2.45) is 5.41 Å². The van der Waals surface area contributed by atoms with E-state index < -0.39 is 6.04 Å². The molecule has 244 valence electrons. The predicted molar refractivity (Wildman–Crippen MR) is 184 cm³/mol. The van der Waals surface area contributed by atoms with E-state index in [9.17, 15) is 14.4 Å². The second-order valence-corrected chi connectivity index (χ2v) is 13.8. The van der Waals surface area contributed by atoms with Crippen molar-refractivity contribution in [1.82, 2.24) is 30.0 Å². The molecule has 2 fully saturated rings. The first-order chi connectivity index (χ1) is 23.0. The van der Waals surface area contributed by atoms with Crippen LogP contribution >= 0.6 is 0 Å². The topological polar surface area (TPSA) is 110 Å². The summed E-state index contributed by atoms with van der Waals surface area (Å²) in [7, 11) is 0. The Labute approximate surface area is 280 Å². The number of fused-ring (bicyclic) bond motifs is 2. The number of amides is 2. The Kier molecular flexibility index (Phi) is 7.93. The number of nitrogens with one attached hydrogen (secondary N) is 1. The number of aromatic nitrogens is 4. The molecular weight excluding hydrogens is 600 g/mol. The van der Waals surface area contributed by atoms with Crippen molar-refractivity contribution in [2.75, 3.05) is 0 Å². The second kappa shape index (κ2) is 12.1. The predicted octanol–water partition coefficient (Wildman–Crippen LogP) is 6.03. The highest BCUT2D eigenvalue weighted by Crippen LogP contribution is 2.59. The van der Waals surface area contributed by atoms with E-state index in [2.05, 4.69) is 51.6 Å². The van der Waals surface area contributed by atoms with Crippen molar-refractivity contribution in [3.8, 4) is 11.1 Å². The first-order valence-electron chi connectivity index (χ1n) is 16.6. The lowest BCUT2D eigenvalue weighted by Gasteiger charge is -2.31. The lowest BCUT2D eigenvalue weighted by atomic mass is 9.85. The molecule has 5 aromatic rings. The lowest BCUT2D eigenvalue weighted by Crippen LogP contribution is -2.51. The van der Waals surface area contributed by atoms with Crippen LogP contribution in [-0.4, -0.2) is 60.4 Å². The number of aryl methyl sites for hydroxylation is 2. The van der Waals surface area contributed by atoms with Gasteiger partial charge in [0.05, 0.1) is 5.52 Å². The van der Waals surface area contributed by atoms with Gasteiger partial charge in [-0.1, -0.05) is 67.6 Å². The summed E-state index contributed by atoms with van der Waals surface area (Å²) in [5.74, 6) is 0.126. The zero-order chi connectivity index (χ0) is 33.7. The minimum absolute atomic E-state index is 0.00144. The summed E-state index contributed by atoms with van der Waals surface area (Å²) >= 11 is 0. The van der Waals surface area contributed by atoms with Gasteiger partial charge in [0.15, 0.2) is 5.78 Å². The summed E-state index contributed by atoms with van der Waals surface area (Å²) in [5, 5.41) is 8.64. The molecule has 2 aliphatic rings. The van der Waals surface area contributed by atoms with Gasteiger partial charge >= 0.3 is 0 Å². The van der Waals surface area contributed by atoms with Gasteiger partial charge < -0.3 is 10.2 Å². The van der Waals surface area contributed by atoms with Gasteiger partial charge in [-0.25, -0.2) is 9.97 Å². The van der Waals surface area contributed by atoms with Crippen molar-refractivity contribution < 1.29 is 14.4 Å². The van der Waals surface area contributed by atoms with E-state index in [0.29, 0.717) is 23.3 Å². The van der Waals surface area contributed by atoms with Gasteiger partial charge in [-0.15, -0.1) is 0 Å². The zero-order valence-electron chi connectivity index (χ0n) is 28.0. The van der Waals surface area contributed by atoms with Crippen LogP contribution in [0, 0.1) is 19.3 Å². The van der Waals surface area contributed by atoms with E-state index in [4.69, 9.17) is 0 Å². The fraction of sp³-hybridized carbons (Fsp3) is 0.333. The maximum Gasteiger partial charge on any atom is 0.245 e. The van der Waals surface area contributed by atoms with Crippen LogP contribution in [0.3, 0.4) is 0 Å². The number of carbonyl (C=O) groups excluding carboxylic acids is 3. The van der Waals surface area contributed by atoms with Gasteiger partial charge in [-0.2, -0.15) is 5.10 Å². The molecule has 1 aliphatic carbocycles. The van der Waals surface area contributed by atoms with Crippen LogP contribution in [0.1, 0.15) is 72.5 Å². The maximum absolute atomic E-state index is 14.2. The third kappa shape index (κ3) is 5.67. The number of nitrogens with zero attached hydrogens (tertiary/aromatic N) is 5. The number of piperidine rings is 1. The Hall–Kier alpha value is -5.18. The van der Waals surface area contributed by atoms with Crippen molar-refractivity contribution in [1.29, 1.82) is 0 Å². The fourth-order valence-electron chi connectivity index (χ4n) is 7.67. The number of benzene rings is 3. The highest BCUT2D eigenvalue weighted by atomic mass is 16.2. The third-order valence-electron chi connectivity index (χ3n) is 10.2. The molecule has 3 aromatic carbocycles. The molecule has 9 nitrogen and oxygen atoms in total. The van der Waals surface area contributed by atoms with Crippen LogP contribution in [0.2, 0.25) is 0 Å². The highest BCUT2D eigenvalue weighted by Gasteiger charge is 2.64. The summed E-state index contributed by atoms with van der Waals surface area (Å²) in [6.45, 7) is 9.39. The Morgan fingerprint density at radius 1 is 0.917 bits per heavy atom. The second-order valence-electron chi connectivity index (χ2n) is 13.8. The molecule has 4 atom stereocenters. The smallest absolute Gasteiger partial charge is 0.245 e. The molecule has 0 radical (unpaired) electrons. The SMILES string of the molecule is CC(=O)c1nn(CC(=O)N2[C@H](C(=O)NC(C)C(c3ccccc3)c3ccccc3)C[C@@]3(C)C[C@@H]23)c2c(C)cc(-c3cnc(C)nc3)cc12. The quantitative estimate of drug-likeness (QED) is 0.197. The van der Waals surface area contributed by atoms with Crippen molar-refractivity contribution in [2.45, 2.75) is 78.0 Å². The minimum atomic E-state index is -0.584. The molecule has 1 saturated heterocycles. The first kappa shape index (κ1) is 31.4. The number of hydrogen-bond donors (Lipinski definition) is 1. The molecule has 48 heavy (non-hydrogen) atoms. The van der Waals surface area contributed by atoms with Crippen LogP contribution in [0.15, 0.2) is 85.2 Å². The molecular formula is C39H40N6O3. The Balaban J connectivity index is 1.16. The summed E-state index contributed by atoms with van der Waals surface area (Å²) in [6, 6.07) is 23.5. The highest BCUT2D eigenvalue weighted by molar-refractivity contribution is 6.07. The van der Waals surface area contributed by atoms with E-state index in [-0.39, 0.29) is 47.6 Å². The molecule has 0 bridgehead atoms. The third-order valence-corrected chi connectivity index (χ3v) is 10.2. The standard InChI is InChI=1S/C39H40N6O3/c1-23-16-29(30-20-40-26(4)41-21-30)17-31-36(25(3)46)43-44(37(23)31)22-34(47)45-32(18-39(5)19-33(39)45)38(48)42-24(2)35(27-12-8-6-9-13-27)28-14-10-7-11-15-28/h6-17,20-21,24,32-33,35H,18-19,22H2,1-5H3,(H,42,48)/t24?,32-,33+,39-/m0/s1. The average molecular weight is 641 g/mol. The molecule has 0 spiro atoms.